The highest BCUT2D eigenvalue weighted by molar-refractivity contribution is 7.17. The molecule has 1 saturated heterocycles. The number of piperazine rings is 1. The van der Waals surface area contributed by atoms with E-state index in [0.29, 0.717) is 4.34 Å². The van der Waals surface area contributed by atoms with Crippen LogP contribution in [-0.4, -0.2) is 36.5 Å². The van der Waals surface area contributed by atoms with Gasteiger partial charge in [0.1, 0.15) is 0 Å². The molecule has 0 unspecified atom stereocenters. The van der Waals surface area contributed by atoms with E-state index in [2.05, 4.69) is 12.2 Å². The normalized spacial score (nSPS) is 21.7. The molecule has 5 heteroatoms. The molecular weight excluding hydrogens is 232 g/mol. The van der Waals surface area contributed by atoms with Crippen LogP contribution in [0.15, 0.2) is 12.1 Å². The molecule has 2 rings (SSSR count). The molecule has 3 nitrogen and oxygen atoms in total. The molecule has 15 heavy (non-hydrogen) atoms. The quantitative estimate of drug-likeness (QED) is 0.818. The third-order valence-electron chi connectivity index (χ3n) is 2.55. The number of carbonyl (C=O) groups is 1. The first kappa shape index (κ1) is 10.9. The van der Waals surface area contributed by atoms with E-state index < -0.39 is 0 Å². The zero-order valence-corrected chi connectivity index (χ0v) is 10.1. The molecule has 1 fully saturated rings. The van der Waals surface area contributed by atoms with E-state index in [-0.39, 0.29) is 11.9 Å². The number of halogens is 1. The maximum atomic E-state index is 12.1. The van der Waals surface area contributed by atoms with E-state index in [4.69, 9.17) is 11.6 Å². The Morgan fingerprint density at radius 3 is 3.07 bits per heavy atom. The summed E-state index contributed by atoms with van der Waals surface area (Å²) in [5, 5.41) is 3.26. The number of nitrogens with zero attached hydrogens (tertiary/aromatic N) is 1. The van der Waals surface area contributed by atoms with Crippen LogP contribution in [0.2, 0.25) is 4.34 Å². The molecular formula is C10H13ClN2OS. The van der Waals surface area contributed by atoms with Crippen LogP contribution in [-0.2, 0) is 0 Å². The van der Waals surface area contributed by atoms with E-state index in [0.717, 1.165) is 24.5 Å². The molecule has 0 spiro atoms. The van der Waals surface area contributed by atoms with Crippen LogP contribution in [0.25, 0.3) is 0 Å². The summed E-state index contributed by atoms with van der Waals surface area (Å²) in [7, 11) is 0. The van der Waals surface area contributed by atoms with Crippen molar-refractivity contribution in [1.29, 1.82) is 0 Å². The Morgan fingerprint density at radius 1 is 1.67 bits per heavy atom. The van der Waals surface area contributed by atoms with Crippen LogP contribution in [0.3, 0.4) is 0 Å². The van der Waals surface area contributed by atoms with Crippen molar-refractivity contribution in [2.24, 2.45) is 0 Å². The molecule has 0 bridgehead atoms. The molecule has 1 amide bonds. The van der Waals surface area contributed by atoms with Crippen LogP contribution >= 0.6 is 22.9 Å². The summed E-state index contributed by atoms with van der Waals surface area (Å²) in [6.45, 7) is 4.56. The minimum atomic E-state index is 0.0981. The van der Waals surface area contributed by atoms with Crippen molar-refractivity contribution in [1.82, 2.24) is 10.2 Å². The minimum Gasteiger partial charge on any atom is -0.333 e. The molecule has 82 valence electrons. The van der Waals surface area contributed by atoms with E-state index in [1.807, 2.05) is 4.90 Å². The molecule has 1 aromatic rings. The Morgan fingerprint density at radius 2 is 2.47 bits per heavy atom. The SMILES string of the molecule is C[C@@H]1CNCCN1C(=O)c1ccc(Cl)s1. The van der Waals surface area contributed by atoms with Gasteiger partial charge in [0.15, 0.2) is 0 Å². The summed E-state index contributed by atoms with van der Waals surface area (Å²) in [6, 6.07) is 3.82. The number of thiophene rings is 1. The number of hydrogen-bond donors (Lipinski definition) is 1. The third-order valence-corrected chi connectivity index (χ3v) is 3.77. The van der Waals surface area contributed by atoms with E-state index in [1.165, 1.54) is 11.3 Å². The van der Waals surface area contributed by atoms with Gasteiger partial charge < -0.3 is 10.2 Å². The van der Waals surface area contributed by atoms with Gasteiger partial charge in [-0.25, -0.2) is 0 Å². The van der Waals surface area contributed by atoms with Crippen molar-refractivity contribution >= 4 is 28.8 Å². The summed E-state index contributed by atoms with van der Waals surface area (Å²) in [5.74, 6) is 0.0981. The van der Waals surface area contributed by atoms with Crippen LogP contribution in [0.5, 0.6) is 0 Å². The lowest BCUT2D eigenvalue weighted by Crippen LogP contribution is -2.52. The topological polar surface area (TPSA) is 32.3 Å². The van der Waals surface area contributed by atoms with Crippen molar-refractivity contribution < 1.29 is 4.79 Å². The molecule has 0 aliphatic carbocycles. The average molecular weight is 245 g/mol. The highest BCUT2D eigenvalue weighted by atomic mass is 35.5. The number of amides is 1. The van der Waals surface area contributed by atoms with Gasteiger partial charge in [0, 0.05) is 25.7 Å². The summed E-state index contributed by atoms with van der Waals surface area (Å²) in [5.41, 5.74) is 0. The van der Waals surface area contributed by atoms with Gasteiger partial charge in [0.25, 0.3) is 5.91 Å². The van der Waals surface area contributed by atoms with Gasteiger partial charge >= 0.3 is 0 Å². The van der Waals surface area contributed by atoms with Crippen molar-refractivity contribution in [3.05, 3.63) is 21.3 Å². The molecule has 1 aliphatic heterocycles. The molecule has 1 N–H and O–H groups in total. The summed E-state index contributed by atoms with van der Waals surface area (Å²) in [6.07, 6.45) is 0. The zero-order valence-electron chi connectivity index (χ0n) is 8.50. The first-order chi connectivity index (χ1) is 7.18. The smallest absolute Gasteiger partial charge is 0.264 e. The number of rotatable bonds is 1. The Labute approximate surface area is 98.0 Å². The Balaban J connectivity index is 2.13. The van der Waals surface area contributed by atoms with Crippen molar-refractivity contribution in [2.45, 2.75) is 13.0 Å². The molecule has 0 saturated carbocycles. The second kappa shape index (κ2) is 4.51. The minimum absolute atomic E-state index is 0.0981. The summed E-state index contributed by atoms with van der Waals surface area (Å²) >= 11 is 7.16. The highest BCUT2D eigenvalue weighted by Crippen LogP contribution is 2.23. The van der Waals surface area contributed by atoms with Gasteiger partial charge in [0.05, 0.1) is 9.21 Å². The van der Waals surface area contributed by atoms with E-state index in [1.54, 1.807) is 12.1 Å². The van der Waals surface area contributed by atoms with Gasteiger partial charge in [-0.1, -0.05) is 11.6 Å². The Hall–Kier alpha value is -0.580. The van der Waals surface area contributed by atoms with Gasteiger partial charge in [-0.15, -0.1) is 11.3 Å². The second-order valence-electron chi connectivity index (χ2n) is 3.66. The number of carbonyl (C=O) groups excluding carboxylic acids is 1. The summed E-state index contributed by atoms with van der Waals surface area (Å²) in [4.78, 5) is 14.7. The van der Waals surface area contributed by atoms with E-state index >= 15 is 0 Å². The molecule has 1 aliphatic rings. The standard InChI is InChI=1S/C10H13ClN2OS/c1-7-6-12-4-5-13(7)10(14)8-2-3-9(11)15-8/h2-3,7,12H,4-6H2,1H3/t7-/m1/s1. The van der Waals surface area contributed by atoms with Crippen LogP contribution in [0.1, 0.15) is 16.6 Å². The zero-order chi connectivity index (χ0) is 10.8. The first-order valence-electron chi connectivity index (χ1n) is 4.95. The maximum Gasteiger partial charge on any atom is 0.264 e. The second-order valence-corrected chi connectivity index (χ2v) is 5.37. The first-order valence-corrected chi connectivity index (χ1v) is 6.15. The van der Waals surface area contributed by atoms with E-state index in [9.17, 15) is 4.79 Å². The lowest BCUT2D eigenvalue weighted by molar-refractivity contribution is 0.0661. The van der Waals surface area contributed by atoms with Gasteiger partial charge in [0.2, 0.25) is 0 Å². The van der Waals surface area contributed by atoms with Crippen LogP contribution in [0.4, 0.5) is 0 Å². The predicted molar refractivity (Wildman–Crippen MR) is 62.7 cm³/mol. The number of hydrogen-bond acceptors (Lipinski definition) is 3. The molecule has 1 aromatic heterocycles. The van der Waals surface area contributed by atoms with Crippen LogP contribution in [0, 0.1) is 0 Å². The van der Waals surface area contributed by atoms with Gasteiger partial charge in [-0.3, -0.25) is 4.79 Å². The third kappa shape index (κ3) is 2.33. The number of nitrogens with one attached hydrogen (secondary N) is 1. The fourth-order valence-corrected chi connectivity index (χ4v) is 2.71. The fraction of sp³-hybridized carbons (Fsp3) is 0.500. The van der Waals surface area contributed by atoms with Crippen molar-refractivity contribution in [2.75, 3.05) is 19.6 Å². The maximum absolute atomic E-state index is 12.1. The van der Waals surface area contributed by atoms with Crippen molar-refractivity contribution in [3.63, 3.8) is 0 Å². The molecule has 1 atom stereocenters. The summed E-state index contributed by atoms with van der Waals surface area (Å²) < 4.78 is 0.668. The monoisotopic (exact) mass is 244 g/mol. The molecule has 2 heterocycles. The molecule has 0 radical (unpaired) electrons. The lowest BCUT2D eigenvalue weighted by atomic mass is 10.2. The van der Waals surface area contributed by atoms with Gasteiger partial charge in [-0.05, 0) is 19.1 Å². The van der Waals surface area contributed by atoms with Gasteiger partial charge in [-0.2, -0.15) is 0 Å². The molecule has 0 aromatic carbocycles. The van der Waals surface area contributed by atoms with Crippen molar-refractivity contribution in [3.8, 4) is 0 Å². The lowest BCUT2D eigenvalue weighted by Gasteiger charge is -2.33. The predicted octanol–water partition coefficient (Wildman–Crippen LogP) is 1.84. The Kier molecular flexibility index (Phi) is 3.29. The highest BCUT2D eigenvalue weighted by Gasteiger charge is 2.24. The Bertz CT molecular complexity index is 366. The fourth-order valence-electron chi connectivity index (χ4n) is 1.71. The largest absolute Gasteiger partial charge is 0.333 e. The average Bonchev–Trinajstić information content (AvgIpc) is 2.65. The van der Waals surface area contributed by atoms with Crippen LogP contribution < -0.4 is 5.32 Å².